The summed E-state index contributed by atoms with van der Waals surface area (Å²) in [5.74, 6) is 3.03. The van der Waals surface area contributed by atoms with Crippen LogP contribution in [-0.4, -0.2) is 25.4 Å². The van der Waals surface area contributed by atoms with Crippen LogP contribution in [0.25, 0.3) is 0 Å². The molecule has 0 saturated heterocycles. The number of rotatable bonds is 5. The van der Waals surface area contributed by atoms with E-state index in [0.717, 1.165) is 6.42 Å². The van der Waals surface area contributed by atoms with Gasteiger partial charge in [0.1, 0.15) is 6.61 Å². The first kappa shape index (κ1) is 17.1. The Hall–Kier alpha value is -1.75. The second-order valence-corrected chi connectivity index (χ2v) is 7.29. The van der Waals surface area contributed by atoms with Crippen molar-refractivity contribution >= 4 is 11.6 Å². The van der Waals surface area contributed by atoms with Crippen LogP contribution in [0.1, 0.15) is 40.0 Å². The third-order valence-electron chi connectivity index (χ3n) is 5.05. The zero-order chi connectivity index (χ0) is 17.1. The zero-order valence-electron chi connectivity index (χ0n) is 14.7. The van der Waals surface area contributed by atoms with E-state index in [4.69, 9.17) is 14.2 Å². The first-order valence-corrected chi connectivity index (χ1v) is 8.84. The van der Waals surface area contributed by atoms with Crippen molar-refractivity contribution in [2.45, 2.75) is 46.1 Å². The SMILES string of the molecule is CC1CCC(C(C)C)C(OCC(=O)Nc2ccc3c(c2)OCO3)C1. The van der Waals surface area contributed by atoms with Crippen molar-refractivity contribution in [3.8, 4) is 11.5 Å². The first-order chi connectivity index (χ1) is 11.5. The molecule has 132 valence electrons. The van der Waals surface area contributed by atoms with Crippen molar-refractivity contribution < 1.29 is 19.0 Å². The van der Waals surface area contributed by atoms with Crippen LogP contribution in [0, 0.1) is 17.8 Å². The van der Waals surface area contributed by atoms with E-state index in [9.17, 15) is 4.79 Å². The average molecular weight is 333 g/mol. The molecule has 1 heterocycles. The molecule has 3 atom stereocenters. The molecule has 1 N–H and O–H groups in total. The number of amides is 1. The number of benzene rings is 1. The van der Waals surface area contributed by atoms with Crippen LogP contribution in [0.3, 0.4) is 0 Å². The van der Waals surface area contributed by atoms with Gasteiger partial charge in [0.05, 0.1) is 6.10 Å². The molecule has 0 aromatic heterocycles. The molecule has 1 aliphatic heterocycles. The van der Waals surface area contributed by atoms with Gasteiger partial charge in [0.25, 0.3) is 0 Å². The van der Waals surface area contributed by atoms with Crippen molar-refractivity contribution in [1.82, 2.24) is 0 Å². The fourth-order valence-corrected chi connectivity index (χ4v) is 3.66. The molecule has 2 aliphatic rings. The number of anilines is 1. The third kappa shape index (κ3) is 4.01. The van der Waals surface area contributed by atoms with Gasteiger partial charge in [-0.25, -0.2) is 0 Å². The summed E-state index contributed by atoms with van der Waals surface area (Å²) < 4.78 is 16.6. The van der Waals surface area contributed by atoms with E-state index in [1.165, 1.54) is 12.8 Å². The summed E-state index contributed by atoms with van der Waals surface area (Å²) in [4.78, 5) is 12.2. The number of fused-ring (bicyclic) bond motifs is 1. The quantitative estimate of drug-likeness (QED) is 0.890. The Morgan fingerprint density at radius 1 is 1.29 bits per heavy atom. The number of carbonyl (C=O) groups excluding carboxylic acids is 1. The largest absolute Gasteiger partial charge is 0.454 e. The smallest absolute Gasteiger partial charge is 0.250 e. The van der Waals surface area contributed by atoms with E-state index in [2.05, 4.69) is 26.1 Å². The van der Waals surface area contributed by atoms with Crippen molar-refractivity contribution in [1.29, 1.82) is 0 Å². The second kappa shape index (κ2) is 7.43. The van der Waals surface area contributed by atoms with E-state index in [1.807, 2.05) is 6.07 Å². The topological polar surface area (TPSA) is 56.8 Å². The fourth-order valence-electron chi connectivity index (χ4n) is 3.66. The maximum atomic E-state index is 12.2. The van der Waals surface area contributed by atoms with E-state index < -0.39 is 0 Å². The Kier molecular flexibility index (Phi) is 5.29. The average Bonchev–Trinajstić information content (AvgIpc) is 3.00. The number of nitrogens with one attached hydrogen (secondary N) is 1. The lowest BCUT2D eigenvalue weighted by atomic mass is 9.75. The van der Waals surface area contributed by atoms with E-state index in [-0.39, 0.29) is 25.4 Å². The molecule has 0 radical (unpaired) electrons. The Bertz CT molecular complexity index is 587. The van der Waals surface area contributed by atoms with Crippen LogP contribution < -0.4 is 14.8 Å². The summed E-state index contributed by atoms with van der Waals surface area (Å²) in [6.45, 7) is 7.06. The Morgan fingerprint density at radius 2 is 2.08 bits per heavy atom. The highest BCUT2D eigenvalue weighted by Gasteiger charge is 2.31. The minimum Gasteiger partial charge on any atom is -0.454 e. The van der Waals surface area contributed by atoms with Crippen LogP contribution in [0.2, 0.25) is 0 Å². The standard InChI is InChI=1S/C19H27NO4/c1-12(2)15-6-4-13(3)8-17(15)22-10-19(21)20-14-5-7-16-18(9-14)24-11-23-16/h5,7,9,12-13,15,17H,4,6,8,10-11H2,1-3H3,(H,20,21). The minimum atomic E-state index is -0.130. The van der Waals surface area contributed by atoms with Gasteiger partial charge in [0.15, 0.2) is 11.5 Å². The second-order valence-electron chi connectivity index (χ2n) is 7.29. The molecule has 0 spiro atoms. The van der Waals surface area contributed by atoms with Gasteiger partial charge in [-0.05, 0) is 42.7 Å². The molecule has 3 unspecified atom stereocenters. The molecule has 1 aromatic carbocycles. The van der Waals surface area contributed by atoms with Gasteiger partial charge >= 0.3 is 0 Å². The van der Waals surface area contributed by atoms with E-state index in [1.54, 1.807) is 12.1 Å². The van der Waals surface area contributed by atoms with Crippen molar-refractivity contribution in [3.63, 3.8) is 0 Å². The van der Waals surface area contributed by atoms with Gasteiger partial charge < -0.3 is 19.5 Å². The van der Waals surface area contributed by atoms with Crippen LogP contribution in [0.15, 0.2) is 18.2 Å². The molecule has 5 heteroatoms. The van der Waals surface area contributed by atoms with Crippen LogP contribution in [-0.2, 0) is 9.53 Å². The number of carbonyl (C=O) groups is 1. The van der Waals surface area contributed by atoms with Crippen molar-refractivity contribution in [2.75, 3.05) is 18.7 Å². The summed E-state index contributed by atoms with van der Waals surface area (Å²) in [6, 6.07) is 5.39. The van der Waals surface area contributed by atoms with Crippen LogP contribution in [0.4, 0.5) is 5.69 Å². The zero-order valence-corrected chi connectivity index (χ0v) is 14.7. The van der Waals surface area contributed by atoms with Gasteiger partial charge in [-0.15, -0.1) is 0 Å². The van der Waals surface area contributed by atoms with Gasteiger partial charge in [0, 0.05) is 11.8 Å². The number of ether oxygens (including phenoxy) is 3. The van der Waals surface area contributed by atoms with Crippen molar-refractivity contribution in [3.05, 3.63) is 18.2 Å². The molecule has 1 aromatic rings. The third-order valence-corrected chi connectivity index (χ3v) is 5.05. The number of hydrogen-bond acceptors (Lipinski definition) is 4. The van der Waals surface area contributed by atoms with Gasteiger partial charge in [-0.1, -0.05) is 27.2 Å². The lowest BCUT2D eigenvalue weighted by molar-refractivity contribution is -0.126. The van der Waals surface area contributed by atoms with Crippen LogP contribution in [0.5, 0.6) is 11.5 Å². The molecule has 0 bridgehead atoms. The van der Waals surface area contributed by atoms with Gasteiger partial charge in [0.2, 0.25) is 12.7 Å². The molecule has 1 aliphatic carbocycles. The first-order valence-electron chi connectivity index (χ1n) is 8.84. The summed E-state index contributed by atoms with van der Waals surface area (Å²) in [6.07, 6.45) is 3.66. The van der Waals surface area contributed by atoms with Gasteiger partial charge in [-0.3, -0.25) is 4.79 Å². The van der Waals surface area contributed by atoms with Crippen LogP contribution >= 0.6 is 0 Å². The van der Waals surface area contributed by atoms with E-state index >= 15 is 0 Å². The fraction of sp³-hybridized carbons (Fsp3) is 0.632. The molecule has 3 rings (SSSR count). The highest BCUT2D eigenvalue weighted by molar-refractivity contribution is 5.92. The molecule has 1 fully saturated rings. The Labute approximate surface area is 143 Å². The lowest BCUT2D eigenvalue weighted by Crippen LogP contribution is -2.36. The predicted molar refractivity (Wildman–Crippen MR) is 92.3 cm³/mol. The van der Waals surface area contributed by atoms with Crippen molar-refractivity contribution in [2.24, 2.45) is 17.8 Å². The van der Waals surface area contributed by atoms with Gasteiger partial charge in [-0.2, -0.15) is 0 Å². The van der Waals surface area contributed by atoms with E-state index in [0.29, 0.717) is 34.9 Å². The highest BCUT2D eigenvalue weighted by Crippen LogP contribution is 2.36. The normalized spacial score (nSPS) is 25.8. The summed E-state index contributed by atoms with van der Waals surface area (Å²) in [7, 11) is 0. The monoisotopic (exact) mass is 333 g/mol. The summed E-state index contributed by atoms with van der Waals surface area (Å²) in [5.41, 5.74) is 0.699. The highest BCUT2D eigenvalue weighted by atomic mass is 16.7. The summed E-state index contributed by atoms with van der Waals surface area (Å²) in [5, 5.41) is 2.87. The molecule has 5 nitrogen and oxygen atoms in total. The summed E-state index contributed by atoms with van der Waals surface area (Å²) >= 11 is 0. The molecular formula is C19H27NO4. The molecular weight excluding hydrogens is 306 g/mol. The maximum absolute atomic E-state index is 12.2. The predicted octanol–water partition coefficient (Wildman–Crippen LogP) is 3.83. The molecule has 24 heavy (non-hydrogen) atoms. The molecule has 1 amide bonds. The Morgan fingerprint density at radius 3 is 2.88 bits per heavy atom. The maximum Gasteiger partial charge on any atom is 0.250 e. The molecule has 1 saturated carbocycles. The minimum absolute atomic E-state index is 0.0923. The lowest BCUT2D eigenvalue weighted by Gasteiger charge is -2.37. The Balaban J connectivity index is 1.53. The number of hydrogen-bond donors (Lipinski definition) is 1.